The molecule has 0 spiro atoms. The molecule has 2 rings (SSSR count). The van der Waals surface area contributed by atoms with Gasteiger partial charge < -0.3 is 15.5 Å². The van der Waals surface area contributed by atoms with Gasteiger partial charge in [0.05, 0.1) is 12.2 Å². The van der Waals surface area contributed by atoms with Crippen LogP contribution in [0, 0.1) is 35.5 Å². The monoisotopic (exact) mass is 401 g/mol. The minimum Gasteiger partial charge on any atom is -0.392 e. The van der Waals surface area contributed by atoms with Gasteiger partial charge in [-0.2, -0.15) is 0 Å². The van der Waals surface area contributed by atoms with Crippen LogP contribution in [0.1, 0.15) is 72.6 Å². The van der Waals surface area contributed by atoms with Gasteiger partial charge >= 0.3 is 0 Å². The van der Waals surface area contributed by atoms with Crippen LogP contribution in [0.15, 0.2) is 23.8 Å². The zero-order valence-electron chi connectivity index (χ0n) is 18.5. The number of hydrogen-bond acceptors (Lipinski definition) is 3. The Kier molecular flexibility index (Phi) is 9.46. The summed E-state index contributed by atoms with van der Waals surface area (Å²) in [5, 5.41) is 23.8. The fourth-order valence-electron chi connectivity index (χ4n) is 4.72. The summed E-state index contributed by atoms with van der Waals surface area (Å²) in [6, 6.07) is 0.201. The van der Waals surface area contributed by atoms with E-state index in [2.05, 4.69) is 29.3 Å². The molecule has 6 atom stereocenters. The minimum atomic E-state index is -0.518. The van der Waals surface area contributed by atoms with Crippen LogP contribution in [0.5, 0.6) is 0 Å². The number of unbranched alkanes of at least 4 members (excludes halogenated alkanes) is 1. The van der Waals surface area contributed by atoms with Gasteiger partial charge in [0.1, 0.15) is 0 Å². The van der Waals surface area contributed by atoms with E-state index in [9.17, 15) is 15.0 Å². The maximum atomic E-state index is 11.7. The van der Waals surface area contributed by atoms with Gasteiger partial charge in [0.2, 0.25) is 5.91 Å². The Balaban J connectivity index is 1.83. The zero-order valence-corrected chi connectivity index (χ0v) is 18.5. The fourth-order valence-corrected chi connectivity index (χ4v) is 4.72. The summed E-state index contributed by atoms with van der Waals surface area (Å²) in [7, 11) is 0. The normalized spacial score (nSPS) is 29.7. The van der Waals surface area contributed by atoms with E-state index in [1.54, 1.807) is 0 Å². The molecule has 1 amide bonds. The molecule has 0 aromatic carbocycles. The first-order valence-electron chi connectivity index (χ1n) is 11.2. The van der Waals surface area contributed by atoms with Crippen molar-refractivity contribution in [3.63, 3.8) is 0 Å². The molecule has 0 saturated heterocycles. The van der Waals surface area contributed by atoms with Crippen molar-refractivity contribution in [2.24, 2.45) is 23.7 Å². The van der Waals surface area contributed by atoms with Crippen LogP contribution >= 0.6 is 0 Å². The Bertz CT molecular complexity index is 655. The van der Waals surface area contributed by atoms with Gasteiger partial charge in [0.15, 0.2) is 0 Å². The summed E-state index contributed by atoms with van der Waals surface area (Å²) in [5.41, 5.74) is 1.47. The lowest BCUT2D eigenvalue weighted by atomic mass is 9.89. The summed E-state index contributed by atoms with van der Waals surface area (Å²) >= 11 is 0. The van der Waals surface area contributed by atoms with Crippen molar-refractivity contribution in [3.05, 3.63) is 23.8 Å². The van der Waals surface area contributed by atoms with Crippen LogP contribution in [0.2, 0.25) is 0 Å². The third-order valence-electron chi connectivity index (χ3n) is 6.32. The smallest absolute Gasteiger partial charge is 0.220 e. The average molecular weight is 402 g/mol. The predicted octanol–water partition coefficient (Wildman–Crippen LogP) is 3.98. The number of aliphatic hydroxyl groups excluding tert-OH is 2. The van der Waals surface area contributed by atoms with Crippen molar-refractivity contribution in [2.45, 2.75) is 90.9 Å². The molecular formula is C25H39NO3. The van der Waals surface area contributed by atoms with Crippen molar-refractivity contribution < 1.29 is 15.0 Å². The molecule has 4 nitrogen and oxygen atoms in total. The van der Waals surface area contributed by atoms with E-state index in [0.717, 1.165) is 32.1 Å². The number of nitrogens with one attached hydrogen (secondary N) is 1. The number of carbonyl (C=O) groups excluding carboxylic acids is 1. The Labute approximate surface area is 176 Å². The third-order valence-corrected chi connectivity index (χ3v) is 6.32. The molecule has 0 aromatic heterocycles. The largest absolute Gasteiger partial charge is 0.392 e. The molecule has 3 N–H and O–H groups in total. The number of aliphatic hydroxyl groups is 2. The molecule has 162 valence electrons. The van der Waals surface area contributed by atoms with Crippen LogP contribution in [-0.4, -0.2) is 34.4 Å². The van der Waals surface area contributed by atoms with Crippen LogP contribution in [-0.2, 0) is 4.79 Å². The van der Waals surface area contributed by atoms with Crippen molar-refractivity contribution in [1.29, 1.82) is 0 Å². The van der Waals surface area contributed by atoms with E-state index in [-0.39, 0.29) is 29.9 Å². The first-order valence-corrected chi connectivity index (χ1v) is 11.2. The molecule has 0 unspecified atom stereocenters. The number of allylic oxidation sites excluding steroid dienone is 2. The van der Waals surface area contributed by atoms with E-state index >= 15 is 0 Å². The van der Waals surface area contributed by atoms with Gasteiger partial charge in [0.25, 0.3) is 0 Å². The van der Waals surface area contributed by atoms with Gasteiger partial charge in [-0.3, -0.25) is 4.79 Å². The Morgan fingerprint density at radius 2 is 2.07 bits per heavy atom. The SMILES string of the molecule is CC#CC[C@@H](C)[C@H](O)/C=C/[C@@H]1[C@H]2C/C(=C/CCCC(=O)NC(C)C)C[C@H]2C[C@H]1O. The highest BCUT2D eigenvalue weighted by Crippen LogP contribution is 2.50. The number of hydrogen-bond donors (Lipinski definition) is 3. The molecule has 4 heteroatoms. The zero-order chi connectivity index (χ0) is 21.4. The maximum absolute atomic E-state index is 11.7. The van der Waals surface area contributed by atoms with Crippen molar-refractivity contribution in [1.82, 2.24) is 5.32 Å². The molecule has 2 aliphatic carbocycles. The Morgan fingerprint density at radius 3 is 2.76 bits per heavy atom. The van der Waals surface area contributed by atoms with Crippen LogP contribution in [0.3, 0.4) is 0 Å². The van der Waals surface area contributed by atoms with Crippen LogP contribution in [0.4, 0.5) is 0 Å². The standard InChI is InChI=1S/C25H39NO3/c1-5-6-9-18(4)23(27)13-12-21-22-15-19(14-20(22)16-24(21)28)10-7-8-11-25(29)26-17(2)3/h10,12-13,17-18,20-24,27-28H,7-9,11,14-16H2,1-4H3,(H,26,29)/b13-12+,19-10+/t18-,20+,21-,22+,23-,24-/m1/s1. The van der Waals surface area contributed by atoms with Gasteiger partial charge in [-0.25, -0.2) is 0 Å². The lowest BCUT2D eigenvalue weighted by Crippen LogP contribution is -2.29. The van der Waals surface area contributed by atoms with Crippen LogP contribution < -0.4 is 5.32 Å². The Morgan fingerprint density at radius 1 is 1.31 bits per heavy atom. The van der Waals surface area contributed by atoms with Crippen LogP contribution in [0.25, 0.3) is 0 Å². The van der Waals surface area contributed by atoms with Crippen molar-refractivity contribution in [2.75, 3.05) is 0 Å². The quantitative estimate of drug-likeness (QED) is 0.311. The molecule has 2 aliphatic rings. The molecule has 29 heavy (non-hydrogen) atoms. The first kappa shape index (κ1) is 23.7. The molecule has 0 radical (unpaired) electrons. The molecule has 2 saturated carbocycles. The summed E-state index contributed by atoms with van der Waals surface area (Å²) in [6.07, 6.45) is 11.4. The summed E-state index contributed by atoms with van der Waals surface area (Å²) in [4.78, 5) is 11.7. The summed E-state index contributed by atoms with van der Waals surface area (Å²) in [6.45, 7) is 7.78. The van der Waals surface area contributed by atoms with E-state index in [0.29, 0.717) is 24.7 Å². The van der Waals surface area contributed by atoms with E-state index in [4.69, 9.17) is 0 Å². The summed E-state index contributed by atoms with van der Waals surface area (Å²) in [5.74, 6) is 7.26. The molecule has 0 bridgehead atoms. The second-order valence-electron chi connectivity index (χ2n) is 9.17. The highest BCUT2D eigenvalue weighted by atomic mass is 16.3. The number of carbonyl (C=O) groups is 1. The van der Waals surface area contributed by atoms with Gasteiger partial charge in [-0.1, -0.05) is 30.7 Å². The molecular weight excluding hydrogens is 362 g/mol. The second kappa shape index (κ2) is 11.6. The molecule has 0 heterocycles. The highest BCUT2D eigenvalue weighted by molar-refractivity contribution is 5.76. The highest BCUT2D eigenvalue weighted by Gasteiger charge is 2.44. The third kappa shape index (κ3) is 7.32. The molecule has 0 aromatic rings. The summed E-state index contributed by atoms with van der Waals surface area (Å²) < 4.78 is 0. The molecule has 0 aliphatic heterocycles. The van der Waals surface area contributed by atoms with Crippen molar-refractivity contribution in [3.8, 4) is 11.8 Å². The Hall–Kier alpha value is -1.57. The van der Waals surface area contributed by atoms with Gasteiger partial charge in [-0.15, -0.1) is 11.8 Å². The molecule has 2 fully saturated rings. The van der Waals surface area contributed by atoms with Crippen molar-refractivity contribution >= 4 is 5.91 Å². The van der Waals surface area contributed by atoms with Gasteiger partial charge in [-0.05, 0) is 70.6 Å². The lowest BCUT2D eigenvalue weighted by Gasteiger charge is -2.19. The number of fused-ring (bicyclic) bond motifs is 1. The lowest BCUT2D eigenvalue weighted by molar-refractivity contribution is -0.121. The topological polar surface area (TPSA) is 69.6 Å². The van der Waals surface area contributed by atoms with E-state index in [1.165, 1.54) is 5.57 Å². The second-order valence-corrected chi connectivity index (χ2v) is 9.17. The number of amides is 1. The first-order chi connectivity index (χ1) is 13.8. The van der Waals surface area contributed by atoms with Gasteiger partial charge in [0, 0.05) is 24.8 Å². The van der Waals surface area contributed by atoms with E-state index in [1.807, 2.05) is 33.8 Å². The predicted molar refractivity (Wildman–Crippen MR) is 118 cm³/mol. The maximum Gasteiger partial charge on any atom is 0.220 e. The fraction of sp³-hybridized carbons (Fsp3) is 0.720. The average Bonchev–Trinajstić information content (AvgIpc) is 3.17. The number of rotatable bonds is 9. The minimum absolute atomic E-state index is 0.0972. The van der Waals surface area contributed by atoms with E-state index < -0.39 is 6.10 Å².